The molecule has 0 aliphatic heterocycles. The first kappa shape index (κ1) is 13.0. The van der Waals surface area contributed by atoms with Crippen LogP contribution in [-0.2, 0) is 11.3 Å². The fourth-order valence-electron chi connectivity index (χ4n) is 1.20. The molecule has 1 rings (SSSR count). The number of aliphatic hydroxyl groups excluding tert-OH is 1. The zero-order valence-electron chi connectivity index (χ0n) is 9.30. The Bertz CT molecular complexity index is 386. The van der Waals surface area contributed by atoms with Crippen molar-refractivity contribution >= 4 is 6.09 Å². The SMILES string of the molecule is N#CCC(CO)NC(=O)OCc1ccccc1. The monoisotopic (exact) mass is 234 g/mol. The highest BCUT2D eigenvalue weighted by atomic mass is 16.5. The number of rotatable bonds is 5. The number of amides is 1. The summed E-state index contributed by atoms with van der Waals surface area (Å²) in [5.41, 5.74) is 0.878. The number of hydrogen-bond donors (Lipinski definition) is 2. The lowest BCUT2D eigenvalue weighted by molar-refractivity contribution is 0.129. The normalized spacial score (nSPS) is 11.3. The van der Waals surface area contributed by atoms with E-state index in [9.17, 15) is 4.79 Å². The van der Waals surface area contributed by atoms with Crippen LogP contribution in [0.2, 0.25) is 0 Å². The van der Waals surface area contributed by atoms with Gasteiger partial charge >= 0.3 is 6.09 Å². The summed E-state index contributed by atoms with van der Waals surface area (Å²) >= 11 is 0. The number of aliphatic hydroxyl groups is 1. The van der Waals surface area contributed by atoms with Gasteiger partial charge in [-0.2, -0.15) is 5.26 Å². The van der Waals surface area contributed by atoms with Crippen LogP contribution in [0.3, 0.4) is 0 Å². The average Bonchev–Trinajstić information content (AvgIpc) is 2.37. The van der Waals surface area contributed by atoms with Crippen LogP contribution in [-0.4, -0.2) is 23.8 Å². The molecular formula is C12H14N2O3. The van der Waals surface area contributed by atoms with E-state index in [4.69, 9.17) is 15.1 Å². The molecular weight excluding hydrogens is 220 g/mol. The van der Waals surface area contributed by atoms with E-state index in [2.05, 4.69) is 5.32 Å². The molecule has 0 fully saturated rings. The van der Waals surface area contributed by atoms with Gasteiger partial charge in [-0.05, 0) is 5.56 Å². The maximum atomic E-state index is 11.3. The number of carbonyl (C=O) groups excluding carboxylic acids is 1. The standard InChI is InChI=1S/C12H14N2O3/c13-7-6-11(8-15)14-12(16)17-9-10-4-2-1-3-5-10/h1-5,11,15H,6,8-9H2,(H,14,16). The van der Waals surface area contributed by atoms with Crippen LogP contribution >= 0.6 is 0 Å². The van der Waals surface area contributed by atoms with Gasteiger partial charge in [0.2, 0.25) is 0 Å². The summed E-state index contributed by atoms with van der Waals surface area (Å²) in [6, 6.07) is 10.5. The van der Waals surface area contributed by atoms with Crippen molar-refractivity contribution in [2.75, 3.05) is 6.61 Å². The van der Waals surface area contributed by atoms with Crippen molar-refractivity contribution in [3.63, 3.8) is 0 Å². The summed E-state index contributed by atoms with van der Waals surface area (Å²) in [7, 11) is 0. The molecule has 2 N–H and O–H groups in total. The van der Waals surface area contributed by atoms with Crippen LogP contribution in [0.15, 0.2) is 30.3 Å². The minimum Gasteiger partial charge on any atom is -0.445 e. The molecule has 1 amide bonds. The summed E-state index contributed by atoms with van der Waals surface area (Å²) in [5.74, 6) is 0. The van der Waals surface area contributed by atoms with E-state index in [1.54, 1.807) is 0 Å². The summed E-state index contributed by atoms with van der Waals surface area (Å²) in [5, 5.41) is 19.7. The smallest absolute Gasteiger partial charge is 0.407 e. The highest BCUT2D eigenvalue weighted by molar-refractivity contribution is 5.67. The van der Waals surface area contributed by atoms with E-state index in [0.29, 0.717) is 0 Å². The molecule has 90 valence electrons. The molecule has 17 heavy (non-hydrogen) atoms. The third kappa shape index (κ3) is 5.00. The minimum absolute atomic E-state index is 0.0525. The Labute approximate surface area is 99.6 Å². The van der Waals surface area contributed by atoms with Crippen LogP contribution in [0, 0.1) is 11.3 Å². The predicted octanol–water partition coefficient (Wildman–Crippen LogP) is 1.19. The Morgan fingerprint density at radius 2 is 2.18 bits per heavy atom. The summed E-state index contributed by atoms with van der Waals surface area (Å²) in [4.78, 5) is 11.3. The first-order valence-corrected chi connectivity index (χ1v) is 5.21. The van der Waals surface area contributed by atoms with E-state index in [0.717, 1.165) is 5.56 Å². The molecule has 1 aromatic rings. The molecule has 0 radical (unpaired) electrons. The van der Waals surface area contributed by atoms with Crippen LogP contribution in [0.1, 0.15) is 12.0 Å². The van der Waals surface area contributed by atoms with Gasteiger partial charge in [0.05, 0.1) is 25.1 Å². The van der Waals surface area contributed by atoms with Crippen molar-refractivity contribution in [1.82, 2.24) is 5.32 Å². The first-order chi connectivity index (χ1) is 8.26. The Morgan fingerprint density at radius 1 is 1.47 bits per heavy atom. The van der Waals surface area contributed by atoms with E-state index in [1.165, 1.54) is 0 Å². The van der Waals surface area contributed by atoms with E-state index in [1.807, 2.05) is 36.4 Å². The van der Waals surface area contributed by atoms with Crippen molar-refractivity contribution in [2.24, 2.45) is 0 Å². The van der Waals surface area contributed by atoms with Crippen LogP contribution in [0.5, 0.6) is 0 Å². The maximum absolute atomic E-state index is 11.3. The van der Waals surface area contributed by atoms with E-state index < -0.39 is 12.1 Å². The molecule has 1 aromatic carbocycles. The number of benzene rings is 1. The fraction of sp³-hybridized carbons (Fsp3) is 0.333. The van der Waals surface area contributed by atoms with E-state index in [-0.39, 0.29) is 19.6 Å². The lowest BCUT2D eigenvalue weighted by Gasteiger charge is -2.12. The summed E-state index contributed by atoms with van der Waals surface area (Å²) in [6.07, 6.45) is -0.583. The van der Waals surface area contributed by atoms with Gasteiger partial charge in [0.25, 0.3) is 0 Å². The number of nitrogens with zero attached hydrogens (tertiary/aromatic N) is 1. The van der Waals surface area contributed by atoms with Gasteiger partial charge in [-0.3, -0.25) is 0 Å². The zero-order chi connectivity index (χ0) is 12.5. The van der Waals surface area contributed by atoms with Gasteiger partial charge in [-0.15, -0.1) is 0 Å². The van der Waals surface area contributed by atoms with Crippen LogP contribution in [0.4, 0.5) is 4.79 Å². The Morgan fingerprint density at radius 3 is 2.76 bits per heavy atom. The maximum Gasteiger partial charge on any atom is 0.407 e. The van der Waals surface area contributed by atoms with Crippen LogP contribution < -0.4 is 5.32 Å². The minimum atomic E-state index is -0.636. The Balaban J connectivity index is 2.33. The van der Waals surface area contributed by atoms with E-state index >= 15 is 0 Å². The highest BCUT2D eigenvalue weighted by Gasteiger charge is 2.11. The molecule has 0 bridgehead atoms. The molecule has 0 aliphatic carbocycles. The number of nitrogens with one attached hydrogen (secondary N) is 1. The van der Waals surface area contributed by atoms with Gasteiger partial charge in [0, 0.05) is 0 Å². The summed E-state index contributed by atoms with van der Waals surface area (Å²) in [6.45, 7) is -0.120. The molecule has 0 heterocycles. The predicted molar refractivity (Wildman–Crippen MR) is 60.9 cm³/mol. The third-order valence-corrected chi connectivity index (χ3v) is 2.09. The first-order valence-electron chi connectivity index (χ1n) is 5.21. The molecule has 5 nitrogen and oxygen atoms in total. The number of ether oxygens (including phenoxy) is 1. The second-order valence-electron chi connectivity index (χ2n) is 3.45. The fourth-order valence-corrected chi connectivity index (χ4v) is 1.20. The van der Waals surface area contributed by atoms with Crippen molar-refractivity contribution in [3.8, 4) is 6.07 Å². The second-order valence-corrected chi connectivity index (χ2v) is 3.45. The lowest BCUT2D eigenvalue weighted by Crippen LogP contribution is -2.37. The molecule has 0 spiro atoms. The average molecular weight is 234 g/mol. The second kappa shape index (κ2) is 7.25. The molecule has 0 aliphatic rings. The van der Waals surface area contributed by atoms with Gasteiger partial charge in [-0.25, -0.2) is 4.79 Å². The quantitative estimate of drug-likeness (QED) is 0.801. The molecule has 1 atom stereocenters. The van der Waals surface area contributed by atoms with Crippen molar-refractivity contribution < 1.29 is 14.6 Å². The Hall–Kier alpha value is -2.06. The highest BCUT2D eigenvalue weighted by Crippen LogP contribution is 2.01. The number of hydrogen-bond acceptors (Lipinski definition) is 4. The number of nitriles is 1. The van der Waals surface area contributed by atoms with Crippen LogP contribution in [0.25, 0.3) is 0 Å². The molecule has 0 aromatic heterocycles. The topological polar surface area (TPSA) is 82.4 Å². The van der Waals surface area contributed by atoms with Gasteiger partial charge in [0.1, 0.15) is 6.61 Å². The molecule has 5 heteroatoms. The number of alkyl carbamates (subject to hydrolysis) is 1. The van der Waals surface area contributed by atoms with Crippen molar-refractivity contribution in [2.45, 2.75) is 19.1 Å². The lowest BCUT2D eigenvalue weighted by atomic mass is 10.2. The zero-order valence-corrected chi connectivity index (χ0v) is 9.30. The third-order valence-electron chi connectivity index (χ3n) is 2.09. The molecule has 0 saturated heterocycles. The van der Waals surface area contributed by atoms with Gasteiger partial charge < -0.3 is 15.2 Å². The van der Waals surface area contributed by atoms with Crippen molar-refractivity contribution in [1.29, 1.82) is 5.26 Å². The van der Waals surface area contributed by atoms with Crippen molar-refractivity contribution in [3.05, 3.63) is 35.9 Å². The molecule has 0 saturated carbocycles. The van der Waals surface area contributed by atoms with Gasteiger partial charge in [0.15, 0.2) is 0 Å². The molecule has 1 unspecified atom stereocenters. The van der Waals surface area contributed by atoms with Gasteiger partial charge in [-0.1, -0.05) is 30.3 Å². The summed E-state index contributed by atoms with van der Waals surface area (Å²) < 4.78 is 4.94. The Kier molecular flexibility index (Phi) is 5.55. The largest absolute Gasteiger partial charge is 0.445 e. The number of carbonyl (C=O) groups is 1.